The molecule has 0 saturated carbocycles. The molecule has 1 N–H and O–H groups in total. The van der Waals surface area contributed by atoms with E-state index in [0.717, 1.165) is 26.7 Å². The Bertz CT molecular complexity index is 1160. The van der Waals surface area contributed by atoms with Crippen LogP contribution in [0.4, 0.5) is 5.69 Å². The summed E-state index contributed by atoms with van der Waals surface area (Å²) >= 11 is 3.65. The van der Waals surface area contributed by atoms with Crippen molar-refractivity contribution in [1.82, 2.24) is 4.98 Å². The van der Waals surface area contributed by atoms with Crippen LogP contribution in [0.2, 0.25) is 0 Å². The van der Waals surface area contributed by atoms with Gasteiger partial charge in [0.25, 0.3) is 0 Å². The van der Waals surface area contributed by atoms with Gasteiger partial charge in [0.05, 0.1) is 24.8 Å². The zero-order valence-electron chi connectivity index (χ0n) is 16.7. The normalized spacial score (nSPS) is 14.4. The molecule has 30 heavy (non-hydrogen) atoms. The van der Waals surface area contributed by atoms with Crippen molar-refractivity contribution in [2.45, 2.75) is 26.8 Å². The van der Waals surface area contributed by atoms with Gasteiger partial charge in [0.1, 0.15) is 5.75 Å². The minimum absolute atomic E-state index is 0.0872. The Balaban J connectivity index is 1.80. The summed E-state index contributed by atoms with van der Waals surface area (Å²) in [6, 6.07) is 11.2. The summed E-state index contributed by atoms with van der Waals surface area (Å²) in [6.45, 7) is 4.44. The molecule has 1 aliphatic rings. The zero-order valence-corrected chi connectivity index (χ0v) is 18.3. The summed E-state index contributed by atoms with van der Waals surface area (Å²) in [5.74, 6) is 0.561. The number of carbonyl (C=O) groups is 1. The van der Waals surface area contributed by atoms with Crippen LogP contribution in [0.1, 0.15) is 41.4 Å². The number of benzene rings is 2. The van der Waals surface area contributed by atoms with E-state index in [1.54, 1.807) is 29.3 Å². The molecule has 1 aliphatic heterocycles. The summed E-state index contributed by atoms with van der Waals surface area (Å²) in [5.41, 5.74) is 5.49. The van der Waals surface area contributed by atoms with E-state index >= 15 is 0 Å². The highest BCUT2D eigenvalue weighted by Crippen LogP contribution is 2.43. The van der Waals surface area contributed by atoms with E-state index in [2.05, 4.69) is 46.0 Å². The quantitative estimate of drug-likeness (QED) is 0.519. The minimum atomic E-state index is -0.0872. The second kappa shape index (κ2) is 8.32. The number of amides is 1. The number of aryl methyl sites for hydroxylation is 1. The van der Waals surface area contributed by atoms with Gasteiger partial charge in [-0.25, -0.2) is 4.98 Å². The number of rotatable bonds is 4. The summed E-state index contributed by atoms with van der Waals surface area (Å²) in [5, 5.41) is 10.1. The molecule has 0 unspecified atom stereocenters. The Labute approximate surface area is 183 Å². The van der Waals surface area contributed by atoms with Gasteiger partial charge in [-0.15, -0.1) is 0 Å². The Hall–Kier alpha value is -3.12. The maximum Gasteiger partial charge on any atom is 0.231 e. The van der Waals surface area contributed by atoms with Gasteiger partial charge in [-0.2, -0.15) is 0 Å². The largest absolute Gasteiger partial charge is 0.508 e. The van der Waals surface area contributed by atoms with Crippen molar-refractivity contribution < 1.29 is 14.3 Å². The van der Waals surface area contributed by atoms with Gasteiger partial charge >= 0.3 is 0 Å². The van der Waals surface area contributed by atoms with Crippen molar-refractivity contribution >= 4 is 43.7 Å². The van der Waals surface area contributed by atoms with Crippen molar-refractivity contribution in [3.05, 3.63) is 83.1 Å². The lowest BCUT2D eigenvalue weighted by molar-refractivity contribution is -0.117. The molecule has 152 valence electrons. The van der Waals surface area contributed by atoms with Crippen LogP contribution in [0.3, 0.4) is 0 Å². The predicted molar refractivity (Wildman–Crippen MR) is 122 cm³/mol. The standard InChI is InChI=1S/C24H21BrN2O3/c1-3-4-17-9-16(6-5-15(17)2)13-27-21-10-18(28)7-8-19(21)24(25)20(11-23(27)29)22-12-26-14-30-22/h3-10,12,14,28H,11,13H2,1-2H3/b4-3+. The van der Waals surface area contributed by atoms with E-state index in [1.807, 2.05) is 19.1 Å². The van der Waals surface area contributed by atoms with E-state index in [1.165, 1.54) is 12.0 Å². The summed E-state index contributed by atoms with van der Waals surface area (Å²) in [6.07, 6.45) is 7.16. The molecule has 5 nitrogen and oxygen atoms in total. The number of aromatic hydroxyl groups is 1. The third-order valence-electron chi connectivity index (χ3n) is 5.16. The van der Waals surface area contributed by atoms with Gasteiger partial charge in [-0.1, -0.05) is 24.3 Å². The Morgan fingerprint density at radius 1 is 1.27 bits per heavy atom. The number of hydrogen-bond acceptors (Lipinski definition) is 4. The second-order valence-electron chi connectivity index (χ2n) is 7.21. The third-order valence-corrected chi connectivity index (χ3v) is 6.07. The number of phenolic OH excluding ortho intramolecular Hbond substituents is 1. The number of fused-ring (bicyclic) bond motifs is 1. The number of phenols is 1. The number of allylic oxidation sites excluding steroid dienone is 1. The number of nitrogens with zero attached hydrogens (tertiary/aromatic N) is 2. The molecular formula is C24H21BrN2O3. The molecule has 0 atom stereocenters. The van der Waals surface area contributed by atoms with E-state index in [4.69, 9.17) is 4.42 Å². The zero-order chi connectivity index (χ0) is 21.3. The molecule has 3 aromatic rings. The second-order valence-corrected chi connectivity index (χ2v) is 8.00. The van der Waals surface area contributed by atoms with Crippen molar-refractivity contribution in [3.8, 4) is 5.75 Å². The summed E-state index contributed by atoms with van der Waals surface area (Å²) in [4.78, 5) is 19.0. The summed E-state index contributed by atoms with van der Waals surface area (Å²) in [7, 11) is 0. The lowest BCUT2D eigenvalue weighted by Gasteiger charge is -2.24. The number of hydrogen-bond donors (Lipinski definition) is 1. The monoisotopic (exact) mass is 464 g/mol. The molecule has 0 saturated heterocycles. The molecular weight excluding hydrogens is 444 g/mol. The van der Waals surface area contributed by atoms with Gasteiger partial charge < -0.3 is 14.4 Å². The number of halogens is 1. The highest BCUT2D eigenvalue weighted by molar-refractivity contribution is 9.15. The van der Waals surface area contributed by atoms with Crippen molar-refractivity contribution in [1.29, 1.82) is 0 Å². The van der Waals surface area contributed by atoms with E-state index in [-0.39, 0.29) is 18.1 Å². The third kappa shape index (κ3) is 3.83. The number of oxazole rings is 1. The van der Waals surface area contributed by atoms with Crippen LogP contribution >= 0.6 is 15.9 Å². The van der Waals surface area contributed by atoms with E-state index in [9.17, 15) is 9.90 Å². The molecule has 0 aliphatic carbocycles. The SMILES string of the molecule is C/C=C/c1cc(CN2C(=O)CC(c3cnco3)=C(Br)c3ccc(O)cc32)ccc1C. The van der Waals surface area contributed by atoms with Crippen LogP contribution in [-0.4, -0.2) is 16.0 Å². The van der Waals surface area contributed by atoms with Crippen LogP contribution in [0.15, 0.2) is 59.5 Å². The smallest absolute Gasteiger partial charge is 0.231 e. The molecule has 0 bridgehead atoms. The first-order valence-corrected chi connectivity index (χ1v) is 10.4. The van der Waals surface area contributed by atoms with E-state index in [0.29, 0.717) is 18.0 Å². The molecule has 0 fully saturated rings. The molecule has 0 spiro atoms. The Kier molecular flexibility index (Phi) is 5.59. The van der Waals surface area contributed by atoms with Crippen LogP contribution in [0.5, 0.6) is 5.75 Å². The number of aromatic nitrogens is 1. The van der Waals surface area contributed by atoms with Crippen LogP contribution in [0.25, 0.3) is 16.1 Å². The first-order valence-electron chi connectivity index (χ1n) is 9.61. The van der Waals surface area contributed by atoms with Crippen molar-refractivity contribution in [2.24, 2.45) is 0 Å². The fraction of sp³-hybridized carbons (Fsp3) is 0.167. The highest BCUT2D eigenvalue weighted by atomic mass is 79.9. The first kappa shape index (κ1) is 20.2. The first-order chi connectivity index (χ1) is 14.5. The van der Waals surface area contributed by atoms with Crippen LogP contribution in [-0.2, 0) is 11.3 Å². The fourth-order valence-corrected chi connectivity index (χ4v) is 4.28. The van der Waals surface area contributed by atoms with Crippen LogP contribution < -0.4 is 4.90 Å². The lowest BCUT2D eigenvalue weighted by Crippen LogP contribution is -2.30. The molecule has 1 amide bonds. The van der Waals surface area contributed by atoms with Crippen molar-refractivity contribution in [3.63, 3.8) is 0 Å². The van der Waals surface area contributed by atoms with Gasteiger partial charge in [-0.3, -0.25) is 4.79 Å². The van der Waals surface area contributed by atoms with E-state index < -0.39 is 0 Å². The molecule has 0 radical (unpaired) electrons. The molecule has 6 heteroatoms. The number of anilines is 1. The summed E-state index contributed by atoms with van der Waals surface area (Å²) < 4.78 is 6.22. The Morgan fingerprint density at radius 3 is 2.83 bits per heavy atom. The molecule has 2 heterocycles. The average molecular weight is 465 g/mol. The number of carbonyl (C=O) groups excluding carboxylic acids is 1. The fourth-order valence-electron chi connectivity index (χ4n) is 3.61. The highest BCUT2D eigenvalue weighted by Gasteiger charge is 2.29. The Morgan fingerprint density at radius 2 is 2.10 bits per heavy atom. The van der Waals surface area contributed by atoms with Crippen LogP contribution in [0, 0.1) is 6.92 Å². The predicted octanol–water partition coefficient (Wildman–Crippen LogP) is 5.92. The maximum atomic E-state index is 13.3. The van der Waals surface area contributed by atoms with Gasteiger partial charge in [0.15, 0.2) is 12.2 Å². The molecule has 2 aromatic carbocycles. The van der Waals surface area contributed by atoms with Gasteiger partial charge in [-0.05, 0) is 64.7 Å². The molecule has 4 rings (SSSR count). The maximum absolute atomic E-state index is 13.3. The lowest BCUT2D eigenvalue weighted by atomic mass is 10.0. The average Bonchev–Trinajstić information content (AvgIpc) is 3.23. The van der Waals surface area contributed by atoms with Gasteiger partial charge in [0.2, 0.25) is 5.91 Å². The minimum Gasteiger partial charge on any atom is -0.508 e. The van der Waals surface area contributed by atoms with Crippen molar-refractivity contribution in [2.75, 3.05) is 4.90 Å². The topological polar surface area (TPSA) is 66.6 Å². The van der Waals surface area contributed by atoms with Gasteiger partial charge in [0, 0.05) is 21.7 Å². The molecule has 1 aromatic heterocycles.